The van der Waals surface area contributed by atoms with Crippen LogP contribution < -0.4 is 14.3 Å². The number of halogens is 1. The minimum atomic E-state index is -3.78. The van der Waals surface area contributed by atoms with Crippen molar-refractivity contribution in [2.75, 3.05) is 7.11 Å². The highest BCUT2D eigenvalue weighted by molar-refractivity contribution is 7.89. The van der Waals surface area contributed by atoms with E-state index in [1.54, 1.807) is 24.3 Å². The van der Waals surface area contributed by atoms with E-state index in [2.05, 4.69) is 9.93 Å². The monoisotopic (exact) mass is 428 g/mol. The second-order valence-electron chi connectivity index (χ2n) is 5.97. The Bertz CT molecular complexity index is 1160. The molecule has 0 aliphatic carbocycles. The van der Waals surface area contributed by atoms with E-state index in [4.69, 9.17) is 9.47 Å². The molecule has 0 unspecified atom stereocenters. The van der Waals surface area contributed by atoms with Crippen LogP contribution in [0.5, 0.6) is 11.5 Å². The topological polar surface area (TPSA) is 94.1 Å². The number of carbonyl (C=O) groups is 1. The van der Waals surface area contributed by atoms with Gasteiger partial charge in [-0.05, 0) is 60.2 Å². The second kappa shape index (κ2) is 9.19. The number of hydrogen-bond acceptors (Lipinski definition) is 6. The number of carbonyl (C=O) groups excluding carboxylic acids is 1. The van der Waals surface area contributed by atoms with Crippen LogP contribution in [0, 0.1) is 5.82 Å². The maximum atomic E-state index is 13.0. The van der Waals surface area contributed by atoms with Crippen LogP contribution in [0.1, 0.15) is 15.9 Å². The van der Waals surface area contributed by atoms with E-state index in [9.17, 15) is 17.6 Å². The third kappa shape index (κ3) is 5.21. The summed E-state index contributed by atoms with van der Waals surface area (Å²) in [6, 6.07) is 17.3. The standard InChI is InChI=1S/C21H17FN2O5S/c1-28-20-13-15(14-23-24-30(26,27)18-5-3-2-4-6-18)7-12-19(20)29-21(25)16-8-10-17(22)11-9-16/h2-14,24H,1H3. The first-order valence-corrected chi connectivity index (χ1v) is 10.1. The number of benzene rings is 3. The van der Waals surface area contributed by atoms with Gasteiger partial charge in [-0.2, -0.15) is 13.5 Å². The molecule has 7 nitrogen and oxygen atoms in total. The summed E-state index contributed by atoms with van der Waals surface area (Å²) in [5, 5.41) is 3.75. The molecule has 154 valence electrons. The van der Waals surface area contributed by atoms with Gasteiger partial charge in [-0.3, -0.25) is 0 Å². The van der Waals surface area contributed by atoms with Crippen molar-refractivity contribution in [2.45, 2.75) is 4.90 Å². The lowest BCUT2D eigenvalue weighted by Crippen LogP contribution is -2.18. The van der Waals surface area contributed by atoms with E-state index in [0.717, 1.165) is 12.1 Å². The molecular weight excluding hydrogens is 411 g/mol. The predicted molar refractivity (Wildman–Crippen MR) is 109 cm³/mol. The lowest BCUT2D eigenvalue weighted by atomic mass is 10.2. The van der Waals surface area contributed by atoms with E-state index in [1.807, 2.05) is 0 Å². The van der Waals surface area contributed by atoms with Crippen LogP contribution in [-0.4, -0.2) is 27.7 Å². The van der Waals surface area contributed by atoms with Crippen molar-refractivity contribution >= 4 is 22.2 Å². The molecule has 3 aromatic carbocycles. The molecule has 30 heavy (non-hydrogen) atoms. The summed E-state index contributed by atoms with van der Waals surface area (Å²) in [5.74, 6) is -0.754. The zero-order chi connectivity index (χ0) is 21.6. The number of sulfonamides is 1. The Morgan fingerprint density at radius 2 is 1.70 bits per heavy atom. The third-order valence-electron chi connectivity index (χ3n) is 3.91. The summed E-state index contributed by atoms with van der Waals surface area (Å²) < 4.78 is 47.8. The largest absolute Gasteiger partial charge is 0.493 e. The van der Waals surface area contributed by atoms with Crippen molar-refractivity contribution in [2.24, 2.45) is 5.10 Å². The van der Waals surface area contributed by atoms with E-state index in [0.29, 0.717) is 5.56 Å². The summed E-state index contributed by atoms with van der Waals surface area (Å²) in [7, 11) is -2.39. The Morgan fingerprint density at radius 1 is 1.00 bits per heavy atom. The number of rotatable bonds is 7. The van der Waals surface area contributed by atoms with Gasteiger partial charge in [-0.15, -0.1) is 0 Å². The molecule has 9 heteroatoms. The Balaban J connectivity index is 1.71. The van der Waals surface area contributed by atoms with Crippen LogP contribution in [0.15, 0.2) is 82.8 Å². The van der Waals surface area contributed by atoms with Crippen molar-refractivity contribution in [3.05, 3.63) is 89.7 Å². The molecule has 0 aliphatic rings. The minimum absolute atomic E-state index is 0.0859. The highest BCUT2D eigenvalue weighted by Gasteiger charge is 2.14. The molecule has 0 aliphatic heterocycles. The van der Waals surface area contributed by atoms with Crippen LogP contribution in [-0.2, 0) is 10.0 Å². The first-order chi connectivity index (χ1) is 14.4. The summed E-state index contributed by atoms with van der Waals surface area (Å²) in [5.41, 5.74) is 0.684. The predicted octanol–water partition coefficient (Wildman–Crippen LogP) is 3.37. The van der Waals surface area contributed by atoms with Gasteiger partial charge in [-0.1, -0.05) is 18.2 Å². The minimum Gasteiger partial charge on any atom is -0.493 e. The van der Waals surface area contributed by atoms with Crippen LogP contribution in [0.25, 0.3) is 0 Å². The Labute approximate surface area is 172 Å². The fourth-order valence-corrected chi connectivity index (χ4v) is 3.23. The van der Waals surface area contributed by atoms with Crippen LogP contribution in [0.3, 0.4) is 0 Å². The summed E-state index contributed by atoms with van der Waals surface area (Å²) >= 11 is 0. The Hall–Kier alpha value is -3.72. The zero-order valence-electron chi connectivity index (χ0n) is 15.8. The molecule has 0 radical (unpaired) electrons. The average Bonchev–Trinajstić information content (AvgIpc) is 2.75. The lowest BCUT2D eigenvalue weighted by molar-refractivity contribution is 0.0729. The van der Waals surface area contributed by atoms with Crippen molar-refractivity contribution in [3.8, 4) is 11.5 Å². The van der Waals surface area contributed by atoms with Gasteiger partial charge in [0.05, 0.1) is 23.8 Å². The molecule has 3 rings (SSSR count). The van der Waals surface area contributed by atoms with Gasteiger partial charge in [0.15, 0.2) is 11.5 Å². The van der Waals surface area contributed by atoms with Crippen molar-refractivity contribution in [1.82, 2.24) is 4.83 Å². The Kier molecular flexibility index (Phi) is 6.43. The van der Waals surface area contributed by atoms with Crippen LogP contribution in [0.4, 0.5) is 4.39 Å². The van der Waals surface area contributed by atoms with Gasteiger partial charge < -0.3 is 9.47 Å². The number of nitrogens with zero attached hydrogens (tertiary/aromatic N) is 1. The molecule has 0 fully saturated rings. The van der Waals surface area contributed by atoms with Gasteiger partial charge in [0.1, 0.15) is 5.82 Å². The molecule has 0 atom stereocenters. The number of methoxy groups -OCH3 is 1. The van der Waals surface area contributed by atoms with Gasteiger partial charge >= 0.3 is 5.97 Å². The fourth-order valence-electron chi connectivity index (χ4n) is 2.42. The third-order valence-corrected chi connectivity index (χ3v) is 5.15. The molecule has 0 spiro atoms. The smallest absolute Gasteiger partial charge is 0.343 e. The highest BCUT2D eigenvalue weighted by atomic mass is 32.2. The zero-order valence-corrected chi connectivity index (χ0v) is 16.6. The fraction of sp³-hybridized carbons (Fsp3) is 0.0476. The SMILES string of the molecule is COc1cc(C=NNS(=O)(=O)c2ccccc2)ccc1OC(=O)c1ccc(F)cc1. The summed E-state index contributed by atoms with van der Waals surface area (Å²) in [4.78, 5) is 14.4. The Morgan fingerprint density at radius 3 is 2.37 bits per heavy atom. The molecule has 0 amide bonds. The van der Waals surface area contributed by atoms with Crippen LogP contribution in [0.2, 0.25) is 0 Å². The number of hydrazone groups is 1. The first-order valence-electron chi connectivity index (χ1n) is 8.65. The van der Waals surface area contributed by atoms with Gasteiger partial charge in [0.2, 0.25) is 0 Å². The second-order valence-corrected chi connectivity index (χ2v) is 7.63. The lowest BCUT2D eigenvalue weighted by Gasteiger charge is -2.10. The van der Waals surface area contributed by atoms with E-state index in [-0.39, 0.29) is 22.0 Å². The molecule has 0 heterocycles. The van der Waals surface area contributed by atoms with Crippen molar-refractivity contribution < 1.29 is 27.1 Å². The molecular formula is C21H17FN2O5S. The molecule has 0 saturated heterocycles. The van der Waals surface area contributed by atoms with Crippen molar-refractivity contribution in [1.29, 1.82) is 0 Å². The van der Waals surface area contributed by atoms with E-state index in [1.165, 1.54) is 49.7 Å². The molecule has 0 aromatic heterocycles. The first kappa shape index (κ1) is 21.0. The molecule has 3 aromatic rings. The van der Waals surface area contributed by atoms with Crippen molar-refractivity contribution in [3.63, 3.8) is 0 Å². The maximum absolute atomic E-state index is 13.0. The normalized spacial score (nSPS) is 11.3. The molecule has 0 saturated carbocycles. The molecule has 1 N–H and O–H groups in total. The summed E-state index contributed by atoms with van der Waals surface area (Å²) in [6.07, 6.45) is 1.29. The number of ether oxygens (including phenoxy) is 2. The van der Waals surface area contributed by atoms with Crippen LogP contribution >= 0.6 is 0 Å². The average molecular weight is 428 g/mol. The number of esters is 1. The van der Waals surface area contributed by atoms with Gasteiger partial charge in [0, 0.05) is 0 Å². The van der Waals surface area contributed by atoms with E-state index < -0.39 is 21.8 Å². The van der Waals surface area contributed by atoms with Gasteiger partial charge in [0.25, 0.3) is 10.0 Å². The number of nitrogens with one attached hydrogen (secondary N) is 1. The van der Waals surface area contributed by atoms with E-state index >= 15 is 0 Å². The van der Waals surface area contributed by atoms with Gasteiger partial charge in [-0.25, -0.2) is 14.0 Å². The molecule has 0 bridgehead atoms. The summed E-state index contributed by atoms with van der Waals surface area (Å²) in [6.45, 7) is 0. The number of hydrogen-bond donors (Lipinski definition) is 1. The quantitative estimate of drug-likeness (QED) is 0.270. The maximum Gasteiger partial charge on any atom is 0.343 e. The highest BCUT2D eigenvalue weighted by Crippen LogP contribution is 2.28.